The predicted octanol–water partition coefficient (Wildman–Crippen LogP) is 12.6. The Kier molecular flexibility index (Phi) is 5.41. The largest absolute Gasteiger partial charge is 0.310 e. The highest BCUT2D eigenvalue weighted by atomic mass is 15.0. The SMILES string of the molecule is Cc1ccc2c(c1)c1c3c4ccccc4c4ccccc4c3cc3c1n2-c1cccc2c1B3c1cc3c4ccccc4c4ccccc4c3c3c4cc(C)ccc4n-2c13. The molecule has 0 fully saturated rings. The quantitative estimate of drug-likeness (QED) is 0.108. The maximum atomic E-state index is 2.63. The molecule has 2 aliphatic rings. The third-order valence-corrected chi connectivity index (χ3v) is 14.3. The first kappa shape index (κ1) is 30.7. The van der Waals surface area contributed by atoms with E-state index in [1.165, 1.54) is 147 Å². The molecule has 3 heteroatoms. The van der Waals surface area contributed by atoms with Crippen LogP contribution in [-0.4, -0.2) is 15.8 Å². The molecule has 11 aromatic carbocycles. The van der Waals surface area contributed by atoms with Crippen molar-refractivity contribution in [3.63, 3.8) is 0 Å². The number of aromatic nitrogens is 2. The molecular formula is C56H33BN2. The molecule has 0 unspecified atom stereocenters. The average molecular weight is 745 g/mol. The number of hydrogen-bond acceptors (Lipinski definition) is 0. The molecule has 2 aliphatic heterocycles. The summed E-state index contributed by atoms with van der Waals surface area (Å²) in [4.78, 5) is 0. The maximum absolute atomic E-state index is 2.63. The van der Waals surface area contributed by atoms with E-state index in [1.54, 1.807) is 0 Å². The predicted molar refractivity (Wildman–Crippen MR) is 254 cm³/mol. The molecule has 0 amide bonds. The van der Waals surface area contributed by atoms with E-state index < -0.39 is 0 Å². The number of hydrogen-bond donors (Lipinski definition) is 0. The van der Waals surface area contributed by atoms with Crippen molar-refractivity contribution in [3.05, 3.63) is 175 Å². The zero-order valence-electron chi connectivity index (χ0n) is 32.6. The van der Waals surface area contributed by atoms with Gasteiger partial charge in [-0.3, -0.25) is 0 Å². The second-order valence-corrected chi connectivity index (χ2v) is 17.3. The van der Waals surface area contributed by atoms with Gasteiger partial charge in [-0.25, -0.2) is 0 Å². The lowest BCUT2D eigenvalue weighted by atomic mass is 9.34. The van der Waals surface area contributed by atoms with Gasteiger partial charge in [0.1, 0.15) is 0 Å². The van der Waals surface area contributed by atoms with Crippen LogP contribution in [0.15, 0.2) is 164 Å². The molecule has 0 saturated heterocycles. The Hall–Kier alpha value is -7.36. The Balaban J connectivity index is 1.24. The van der Waals surface area contributed by atoms with Crippen molar-refractivity contribution >= 4 is 131 Å². The Labute approximate surface area is 339 Å². The molecule has 4 heterocycles. The fourth-order valence-electron chi connectivity index (χ4n) is 12.1. The Morgan fingerprint density at radius 1 is 0.322 bits per heavy atom. The molecular weight excluding hydrogens is 711 g/mol. The third kappa shape index (κ3) is 3.52. The summed E-state index contributed by atoms with van der Waals surface area (Å²) in [7, 11) is 0. The summed E-state index contributed by atoms with van der Waals surface area (Å²) in [6.07, 6.45) is 0. The normalized spacial score (nSPS) is 13.2. The van der Waals surface area contributed by atoms with Crippen LogP contribution in [-0.2, 0) is 0 Å². The van der Waals surface area contributed by atoms with Crippen LogP contribution < -0.4 is 16.4 Å². The van der Waals surface area contributed by atoms with Crippen molar-refractivity contribution in [2.75, 3.05) is 0 Å². The molecule has 0 aliphatic carbocycles. The Bertz CT molecular complexity index is 3900. The van der Waals surface area contributed by atoms with Gasteiger partial charge < -0.3 is 9.13 Å². The van der Waals surface area contributed by atoms with Crippen molar-refractivity contribution in [1.82, 2.24) is 9.13 Å². The van der Waals surface area contributed by atoms with Crippen molar-refractivity contribution in [2.45, 2.75) is 13.8 Å². The van der Waals surface area contributed by atoms with E-state index in [9.17, 15) is 0 Å². The third-order valence-electron chi connectivity index (χ3n) is 14.3. The molecule has 0 spiro atoms. The van der Waals surface area contributed by atoms with E-state index in [0.717, 1.165) is 0 Å². The summed E-state index contributed by atoms with van der Waals surface area (Å²) < 4.78 is 5.25. The first-order valence-electron chi connectivity index (χ1n) is 20.9. The van der Waals surface area contributed by atoms with Gasteiger partial charge in [0.2, 0.25) is 0 Å². The molecule has 0 saturated carbocycles. The fraction of sp³-hybridized carbons (Fsp3) is 0.0357. The minimum Gasteiger partial charge on any atom is -0.310 e. The van der Waals surface area contributed by atoms with E-state index in [2.05, 4.69) is 187 Å². The minimum absolute atomic E-state index is 0.0197. The number of rotatable bonds is 0. The molecule has 270 valence electrons. The molecule has 0 atom stereocenters. The van der Waals surface area contributed by atoms with E-state index in [0.29, 0.717) is 0 Å². The molecule has 0 radical (unpaired) electrons. The number of fused-ring (bicyclic) bond motifs is 24. The van der Waals surface area contributed by atoms with Gasteiger partial charge in [-0.15, -0.1) is 0 Å². The molecule has 2 nitrogen and oxygen atoms in total. The standard InChI is InChI=1S/C56H33BN2/c1-30-22-24-46-42(26-30)52-50-38-18-9-7-14-34(38)32-12-3-5-16-36(32)40(50)28-44-55(52)58(46)48-20-11-21-49-54(48)57(44)45-29-41-37-17-6-4-13-33(37)35-15-8-10-19-39(35)51(41)53-43-27-31(2)23-25-47(43)59(49)56(45)53/h3-29H,1-2H3. The van der Waals surface area contributed by atoms with Gasteiger partial charge >= 0.3 is 0 Å². The van der Waals surface area contributed by atoms with Crippen molar-refractivity contribution < 1.29 is 0 Å². The van der Waals surface area contributed by atoms with Gasteiger partial charge in [0, 0.05) is 43.7 Å². The van der Waals surface area contributed by atoms with Crippen LogP contribution in [0.1, 0.15) is 11.1 Å². The number of benzene rings is 11. The topological polar surface area (TPSA) is 9.86 Å². The lowest BCUT2D eigenvalue weighted by molar-refractivity contribution is 1.14. The zero-order valence-corrected chi connectivity index (χ0v) is 32.6. The van der Waals surface area contributed by atoms with E-state index >= 15 is 0 Å². The first-order valence-corrected chi connectivity index (χ1v) is 20.9. The fourth-order valence-corrected chi connectivity index (χ4v) is 12.1. The van der Waals surface area contributed by atoms with Crippen LogP contribution in [0.4, 0.5) is 0 Å². The lowest BCUT2D eigenvalue weighted by Gasteiger charge is -2.34. The maximum Gasteiger partial charge on any atom is 0.252 e. The van der Waals surface area contributed by atoms with Crippen molar-refractivity contribution in [2.24, 2.45) is 0 Å². The zero-order chi connectivity index (χ0) is 38.4. The smallest absolute Gasteiger partial charge is 0.252 e. The highest BCUT2D eigenvalue weighted by Gasteiger charge is 2.42. The van der Waals surface area contributed by atoms with Gasteiger partial charge in [0.05, 0.1) is 22.1 Å². The number of nitrogens with zero attached hydrogens (tertiary/aromatic N) is 2. The van der Waals surface area contributed by atoms with Gasteiger partial charge in [0.15, 0.2) is 0 Å². The van der Waals surface area contributed by atoms with Gasteiger partial charge in [0.25, 0.3) is 6.71 Å². The molecule has 0 bridgehead atoms. The van der Waals surface area contributed by atoms with E-state index in [1.807, 2.05) is 0 Å². The van der Waals surface area contributed by atoms with Gasteiger partial charge in [-0.05, 0) is 120 Å². The summed E-state index contributed by atoms with van der Waals surface area (Å²) >= 11 is 0. The lowest BCUT2D eigenvalue weighted by Crippen LogP contribution is -2.59. The minimum atomic E-state index is 0.0197. The molecule has 59 heavy (non-hydrogen) atoms. The van der Waals surface area contributed by atoms with E-state index in [4.69, 9.17) is 0 Å². The average Bonchev–Trinajstić information content (AvgIpc) is 3.80. The summed E-state index contributed by atoms with van der Waals surface area (Å²) in [6, 6.07) is 62.8. The van der Waals surface area contributed by atoms with Crippen LogP contribution >= 0.6 is 0 Å². The summed E-state index contributed by atoms with van der Waals surface area (Å²) in [5, 5.41) is 21.3. The molecule has 13 aromatic rings. The monoisotopic (exact) mass is 744 g/mol. The molecule has 2 aromatic heterocycles. The van der Waals surface area contributed by atoms with Crippen LogP contribution in [0.5, 0.6) is 0 Å². The van der Waals surface area contributed by atoms with Gasteiger partial charge in [-0.1, -0.05) is 139 Å². The summed E-state index contributed by atoms with van der Waals surface area (Å²) in [6.45, 7) is 4.50. The van der Waals surface area contributed by atoms with Gasteiger partial charge in [-0.2, -0.15) is 0 Å². The highest BCUT2D eigenvalue weighted by Crippen LogP contribution is 2.48. The highest BCUT2D eigenvalue weighted by molar-refractivity contribution is 7.00. The van der Waals surface area contributed by atoms with E-state index in [-0.39, 0.29) is 6.71 Å². The van der Waals surface area contributed by atoms with Crippen LogP contribution in [0.2, 0.25) is 0 Å². The van der Waals surface area contributed by atoms with Crippen molar-refractivity contribution in [1.29, 1.82) is 0 Å². The van der Waals surface area contributed by atoms with Crippen LogP contribution in [0.25, 0.3) is 120 Å². The molecule has 0 N–H and O–H groups in total. The Morgan fingerprint density at radius 2 is 0.695 bits per heavy atom. The second-order valence-electron chi connectivity index (χ2n) is 17.3. The van der Waals surface area contributed by atoms with Crippen LogP contribution in [0.3, 0.4) is 0 Å². The Morgan fingerprint density at radius 3 is 1.12 bits per heavy atom. The summed E-state index contributed by atoms with van der Waals surface area (Å²) in [5.41, 5.74) is 14.5. The second kappa shape index (κ2) is 10.4. The van der Waals surface area contributed by atoms with Crippen molar-refractivity contribution in [3.8, 4) is 11.4 Å². The summed E-state index contributed by atoms with van der Waals surface area (Å²) in [5.74, 6) is 0. The van der Waals surface area contributed by atoms with Crippen LogP contribution in [0, 0.1) is 13.8 Å². The first-order chi connectivity index (χ1) is 29.1. The number of aryl methyl sites for hydroxylation is 2. The molecule has 15 rings (SSSR count).